The first-order valence-corrected chi connectivity index (χ1v) is 6.82. The highest BCUT2D eigenvalue weighted by Gasteiger charge is 2.17. The van der Waals surface area contributed by atoms with Crippen LogP contribution in [0.4, 0.5) is 4.79 Å². The first-order valence-electron chi connectivity index (χ1n) is 6.82. The summed E-state index contributed by atoms with van der Waals surface area (Å²) in [5.41, 5.74) is 3.92. The molecule has 3 rings (SSSR count). The van der Waals surface area contributed by atoms with Crippen LogP contribution in [0, 0.1) is 0 Å². The van der Waals surface area contributed by atoms with Crippen LogP contribution in [-0.2, 0) is 14.1 Å². The Morgan fingerprint density at radius 3 is 2.52 bits per heavy atom. The first kappa shape index (κ1) is 13.5. The lowest BCUT2D eigenvalue weighted by Crippen LogP contribution is -2.33. The van der Waals surface area contributed by atoms with Gasteiger partial charge in [-0.1, -0.05) is 12.1 Å². The molecule has 0 aliphatic carbocycles. The van der Waals surface area contributed by atoms with Crippen LogP contribution in [-0.4, -0.2) is 38.3 Å². The molecule has 1 amide bonds. The standard InChI is InChI=1S/C15H17N3O3/c1-16-12-4-3-11(9-13(12)17(2)14(16)19)10-5-7-18(8-6-10)15(20)21/h3-5,9H,6-8H2,1-2H3,(H,20,21). The third kappa shape index (κ3) is 2.12. The smallest absolute Gasteiger partial charge is 0.407 e. The minimum absolute atomic E-state index is 0.0446. The van der Waals surface area contributed by atoms with Crippen molar-refractivity contribution in [1.82, 2.24) is 14.0 Å². The van der Waals surface area contributed by atoms with Gasteiger partial charge in [0.25, 0.3) is 0 Å². The molecule has 2 aromatic rings. The minimum Gasteiger partial charge on any atom is -0.465 e. The van der Waals surface area contributed by atoms with E-state index < -0.39 is 6.09 Å². The van der Waals surface area contributed by atoms with Gasteiger partial charge in [-0.3, -0.25) is 9.13 Å². The van der Waals surface area contributed by atoms with Crippen molar-refractivity contribution in [1.29, 1.82) is 0 Å². The molecule has 21 heavy (non-hydrogen) atoms. The number of benzene rings is 1. The van der Waals surface area contributed by atoms with Crippen molar-refractivity contribution in [3.8, 4) is 0 Å². The van der Waals surface area contributed by atoms with Gasteiger partial charge < -0.3 is 10.0 Å². The zero-order chi connectivity index (χ0) is 15.1. The molecule has 0 fully saturated rings. The van der Waals surface area contributed by atoms with Crippen molar-refractivity contribution >= 4 is 22.7 Å². The van der Waals surface area contributed by atoms with Crippen LogP contribution in [0.3, 0.4) is 0 Å². The van der Waals surface area contributed by atoms with Gasteiger partial charge in [-0.05, 0) is 29.7 Å². The molecule has 1 aromatic heterocycles. The fourth-order valence-electron chi connectivity index (χ4n) is 2.81. The summed E-state index contributed by atoms with van der Waals surface area (Å²) in [7, 11) is 3.52. The van der Waals surface area contributed by atoms with Crippen molar-refractivity contribution < 1.29 is 9.90 Å². The van der Waals surface area contributed by atoms with Gasteiger partial charge in [0, 0.05) is 27.2 Å². The van der Waals surface area contributed by atoms with Crippen molar-refractivity contribution in [2.75, 3.05) is 13.1 Å². The van der Waals surface area contributed by atoms with Crippen molar-refractivity contribution in [2.45, 2.75) is 6.42 Å². The molecular weight excluding hydrogens is 270 g/mol. The summed E-state index contributed by atoms with van der Waals surface area (Å²) in [5.74, 6) is 0. The molecule has 2 heterocycles. The average Bonchev–Trinajstić information content (AvgIpc) is 2.72. The maximum absolute atomic E-state index is 11.9. The average molecular weight is 287 g/mol. The van der Waals surface area contributed by atoms with Gasteiger partial charge in [0.1, 0.15) is 0 Å². The van der Waals surface area contributed by atoms with E-state index in [1.807, 2.05) is 24.3 Å². The molecule has 0 unspecified atom stereocenters. The van der Waals surface area contributed by atoms with E-state index in [2.05, 4.69) is 0 Å². The molecule has 0 saturated carbocycles. The van der Waals surface area contributed by atoms with E-state index >= 15 is 0 Å². The van der Waals surface area contributed by atoms with Gasteiger partial charge in [0.15, 0.2) is 0 Å². The highest BCUT2D eigenvalue weighted by molar-refractivity contribution is 5.82. The van der Waals surface area contributed by atoms with Gasteiger partial charge in [-0.15, -0.1) is 0 Å². The largest absolute Gasteiger partial charge is 0.465 e. The molecule has 1 aliphatic heterocycles. The minimum atomic E-state index is -0.883. The second-order valence-corrected chi connectivity index (χ2v) is 5.31. The monoisotopic (exact) mass is 287 g/mol. The van der Waals surface area contributed by atoms with E-state index in [-0.39, 0.29) is 5.69 Å². The number of fused-ring (bicyclic) bond motifs is 1. The van der Waals surface area contributed by atoms with Crippen molar-refractivity contribution in [2.24, 2.45) is 14.1 Å². The summed E-state index contributed by atoms with van der Waals surface area (Å²) in [4.78, 5) is 24.2. The van der Waals surface area contributed by atoms with Gasteiger partial charge in [-0.2, -0.15) is 0 Å². The normalized spacial score (nSPS) is 15.3. The van der Waals surface area contributed by atoms with Crippen LogP contribution in [0.25, 0.3) is 16.6 Å². The van der Waals surface area contributed by atoms with Gasteiger partial charge in [0.05, 0.1) is 11.0 Å². The number of imidazole rings is 1. The van der Waals surface area contributed by atoms with E-state index in [4.69, 9.17) is 5.11 Å². The fourth-order valence-corrected chi connectivity index (χ4v) is 2.81. The highest BCUT2D eigenvalue weighted by Crippen LogP contribution is 2.25. The van der Waals surface area contributed by atoms with Crippen LogP contribution in [0.1, 0.15) is 12.0 Å². The number of hydrogen-bond donors (Lipinski definition) is 1. The third-order valence-electron chi connectivity index (χ3n) is 4.12. The Balaban J connectivity index is 2.01. The number of hydrogen-bond acceptors (Lipinski definition) is 2. The second kappa shape index (κ2) is 4.80. The van der Waals surface area contributed by atoms with E-state index in [1.165, 1.54) is 4.90 Å². The van der Waals surface area contributed by atoms with Crippen molar-refractivity contribution in [3.05, 3.63) is 40.3 Å². The summed E-state index contributed by atoms with van der Waals surface area (Å²) in [5, 5.41) is 8.96. The Labute approximate surface area is 121 Å². The maximum atomic E-state index is 11.9. The molecule has 1 aromatic carbocycles. The van der Waals surface area contributed by atoms with Gasteiger partial charge >= 0.3 is 11.8 Å². The summed E-state index contributed by atoms with van der Waals surface area (Å²) in [6.45, 7) is 0.920. The maximum Gasteiger partial charge on any atom is 0.407 e. The molecule has 0 spiro atoms. The number of amides is 1. The number of nitrogens with zero attached hydrogens (tertiary/aromatic N) is 3. The number of aromatic nitrogens is 2. The molecule has 6 nitrogen and oxygen atoms in total. The Hall–Kier alpha value is -2.50. The summed E-state index contributed by atoms with van der Waals surface area (Å²) < 4.78 is 3.26. The molecule has 0 saturated heterocycles. The Morgan fingerprint density at radius 1 is 1.19 bits per heavy atom. The van der Waals surface area contributed by atoms with Crippen LogP contribution >= 0.6 is 0 Å². The van der Waals surface area contributed by atoms with Gasteiger partial charge in [0.2, 0.25) is 0 Å². The zero-order valence-corrected chi connectivity index (χ0v) is 12.0. The Morgan fingerprint density at radius 2 is 1.90 bits per heavy atom. The molecular formula is C15H17N3O3. The van der Waals surface area contributed by atoms with E-state index in [9.17, 15) is 9.59 Å². The molecule has 1 aliphatic rings. The lowest BCUT2D eigenvalue weighted by Gasteiger charge is -2.23. The zero-order valence-electron chi connectivity index (χ0n) is 12.0. The summed E-state index contributed by atoms with van der Waals surface area (Å²) in [6, 6.07) is 5.93. The predicted octanol–water partition coefficient (Wildman–Crippen LogP) is 1.64. The summed E-state index contributed by atoms with van der Waals surface area (Å²) in [6.07, 6.45) is 1.75. The van der Waals surface area contributed by atoms with Crippen LogP contribution in [0.15, 0.2) is 29.1 Å². The van der Waals surface area contributed by atoms with Crippen LogP contribution in [0.5, 0.6) is 0 Å². The lowest BCUT2D eigenvalue weighted by molar-refractivity contribution is 0.150. The van der Waals surface area contributed by atoms with Crippen LogP contribution < -0.4 is 5.69 Å². The Kier molecular flexibility index (Phi) is 3.08. The molecule has 0 radical (unpaired) electrons. The van der Waals surface area contributed by atoms with E-state index in [0.29, 0.717) is 19.5 Å². The number of carbonyl (C=O) groups is 1. The molecule has 0 atom stereocenters. The third-order valence-corrected chi connectivity index (χ3v) is 4.12. The number of aryl methyl sites for hydroxylation is 2. The van der Waals surface area contributed by atoms with Crippen molar-refractivity contribution in [3.63, 3.8) is 0 Å². The SMILES string of the molecule is Cn1c(=O)n(C)c2cc(C3=CCN(C(=O)O)CC3)ccc21. The number of carboxylic acid groups (broad SMARTS) is 1. The Bertz CT molecular complexity index is 813. The highest BCUT2D eigenvalue weighted by atomic mass is 16.4. The molecule has 6 heteroatoms. The predicted molar refractivity (Wildman–Crippen MR) is 80.4 cm³/mol. The molecule has 1 N–H and O–H groups in total. The number of rotatable bonds is 1. The topological polar surface area (TPSA) is 67.5 Å². The second-order valence-electron chi connectivity index (χ2n) is 5.31. The fraction of sp³-hybridized carbons (Fsp3) is 0.333. The quantitative estimate of drug-likeness (QED) is 0.867. The van der Waals surface area contributed by atoms with Gasteiger partial charge in [-0.25, -0.2) is 9.59 Å². The molecule has 0 bridgehead atoms. The van der Waals surface area contributed by atoms with Crippen LogP contribution in [0.2, 0.25) is 0 Å². The lowest BCUT2D eigenvalue weighted by atomic mass is 9.99. The molecule has 110 valence electrons. The first-order chi connectivity index (χ1) is 9.99. The summed E-state index contributed by atoms with van der Waals surface area (Å²) >= 11 is 0. The van der Waals surface area contributed by atoms with E-state index in [0.717, 1.165) is 22.2 Å². The van der Waals surface area contributed by atoms with E-state index in [1.54, 1.807) is 23.2 Å².